The third-order valence-corrected chi connectivity index (χ3v) is 6.06. The Morgan fingerprint density at radius 2 is 1.83 bits per heavy atom. The van der Waals surface area contributed by atoms with Crippen LogP contribution in [0.5, 0.6) is 17.2 Å². The first kappa shape index (κ1) is 25.5. The SMILES string of the molecule is COc1ccc(OC)c(C(=O)N(Cc2cccc(OCCN3CCOCC3)c2)Cc2ccccn2)c1. The van der Waals surface area contributed by atoms with Gasteiger partial charge in [-0.05, 0) is 48.0 Å². The Hall–Kier alpha value is -3.62. The van der Waals surface area contributed by atoms with E-state index in [4.69, 9.17) is 18.9 Å². The third-order valence-electron chi connectivity index (χ3n) is 6.06. The van der Waals surface area contributed by atoms with Gasteiger partial charge in [0.2, 0.25) is 0 Å². The van der Waals surface area contributed by atoms with Crippen molar-refractivity contribution >= 4 is 5.91 Å². The topological polar surface area (TPSA) is 73.4 Å². The van der Waals surface area contributed by atoms with Crippen LogP contribution in [-0.4, -0.2) is 74.4 Å². The maximum absolute atomic E-state index is 13.7. The second kappa shape index (κ2) is 12.9. The molecule has 8 nitrogen and oxygen atoms in total. The van der Waals surface area contributed by atoms with Gasteiger partial charge in [-0.2, -0.15) is 0 Å². The lowest BCUT2D eigenvalue weighted by atomic mass is 10.1. The summed E-state index contributed by atoms with van der Waals surface area (Å²) >= 11 is 0. The Bertz CT molecular complexity index is 1120. The summed E-state index contributed by atoms with van der Waals surface area (Å²) in [6.07, 6.45) is 1.73. The molecular formula is C28H33N3O5. The zero-order valence-corrected chi connectivity index (χ0v) is 20.9. The van der Waals surface area contributed by atoms with Crippen LogP contribution in [0.4, 0.5) is 0 Å². The van der Waals surface area contributed by atoms with Gasteiger partial charge in [0.05, 0.1) is 45.2 Å². The average Bonchev–Trinajstić information content (AvgIpc) is 2.93. The van der Waals surface area contributed by atoms with Gasteiger partial charge in [-0.25, -0.2) is 0 Å². The van der Waals surface area contributed by atoms with Gasteiger partial charge in [0.15, 0.2) is 0 Å². The largest absolute Gasteiger partial charge is 0.497 e. The van der Waals surface area contributed by atoms with E-state index in [2.05, 4.69) is 9.88 Å². The lowest BCUT2D eigenvalue weighted by molar-refractivity contribution is 0.0322. The van der Waals surface area contributed by atoms with Crippen LogP contribution in [0.1, 0.15) is 21.6 Å². The monoisotopic (exact) mass is 491 g/mol. The van der Waals surface area contributed by atoms with Gasteiger partial charge < -0.3 is 23.8 Å². The van der Waals surface area contributed by atoms with Crippen molar-refractivity contribution in [3.63, 3.8) is 0 Å². The molecule has 36 heavy (non-hydrogen) atoms. The van der Waals surface area contributed by atoms with Gasteiger partial charge in [0.25, 0.3) is 5.91 Å². The molecule has 3 aromatic rings. The number of pyridine rings is 1. The lowest BCUT2D eigenvalue weighted by Crippen LogP contribution is -2.38. The number of aromatic nitrogens is 1. The van der Waals surface area contributed by atoms with E-state index in [1.54, 1.807) is 43.5 Å². The highest BCUT2D eigenvalue weighted by Gasteiger charge is 2.22. The quantitative estimate of drug-likeness (QED) is 0.405. The van der Waals surface area contributed by atoms with Crippen molar-refractivity contribution in [3.05, 3.63) is 83.7 Å². The zero-order valence-electron chi connectivity index (χ0n) is 20.9. The number of carbonyl (C=O) groups is 1. The lowest BCUT2D eigenvalue weighted by Gasteiger charge is -2.26. The van der Waals surface area contributed by atoms with Crippen LogP contribution < -0.4 is 14.2 Å². The number of hydrogen-bond donors (Lipinski definition) is 0. The first-order valence-electron chi connectivity index (χ1n) is 12.1. The number of methoxy groups -OCH3 is 2. The molecule has 2 heterocycles. The fourth-order valence-corrected chi connectivity index (χ4v) is 4.11. The summed E-state index contributed by atoms with van der Waals surface area (Å²) in [6.45, 7) is 5.60. The van der Waals surface area contributed by atoms with Crippen LogP contribution in [0.15, 0.2) is 66.9 Å². The second-order valence-corrected chi connectivity index (χ2v) is 8.50. The minimum Gasteiger partial charge on any atom is -0.497 e. The summed E-state index contributed by atoms with van der Waals surface area (Å²) in [7, 11) is 3.13. The highest BCUT2D eigenvalue weighted by molar-refractivity contribution is 5.97. The number of morpholine rings is 1. The molecule has 2 aromatic carbocycles. The van der Waals surface area contributed by atoms with Gasteiger partial charge in [0.1, 0.15) is 23.9 Å². The van der Waals surface area contributed by atoms with Gasteiger partial charge in [-0.15, -0.1) is 0 Å². The first-order chi connectivity index (χ1) is 17.7. The normalized spacial score (nSPS) is 13.7. The van der Waals surface area contributed by atoms with Crippen molar-refractivity contribution in [1.82, 2.24) is 14.8 Å². The van der Waals surface area contributed by atoms with E-state index in [1.807, 2.05) is 42.5 Å². The predicted molar refractivity (Wildman–Crippen MR) is 137 cm³/mol. The molecule has 1 saturated heterocycles. The van der Waals surface area contributed by atoms with Gasteiger partial charge in [-0.3, -0.25) is 14.7 Å². The second-order valence-electron chi connectivity index (χ2n) is 8.50. The van der Waals surface area contributed by atoms with Crippen molar-refractivity contribution in [2.45, 2.75) is 13.1 Å². The molecule has 1 fully saturated rings. The molecule has 1 amide bonds. The van der Waals surface area contributed by atoms with Crippen LogP contribution in [0.25, 0.3) is 0 Å². The Labute approximate surface area is 212 Å². The molecule has 1 aromatic heterocycles. The van der Waals surface area contributed by atoms with E-state index in [1.165, 1.54) is 0 Å². The van der Waals surface area contributed by atoms with E-state index in [0.29, 0.717) is 36.8 Å². The Morgan fingerprint density at radius 3 is 2.58 bits per heavy atom. The number of benzene rings is 2. The molecule has 0 aliphatic carbocycles. The maximum Gasteiger partial charge on any atom is 0.258 e. The van der Waals surface area contributed by atoms with Gasteiger partial charge in [-0.1, -0.05) is 18.2 Å². The smallest absolute Gasteiger partial charge is 0.258 e. The van der Waals surface area contributed by atoms with Crippen molar-refractivity contribution in [1.29, 1.82) is 0 Å². The average molecular weight is 492 g/mol. The molecule has 1 aliphatic heterocycles. The van der Waals surface area contributed by atoms with Crippen molar-refractivity contribution in [2.24, 2.45) is 0 Å². The summed E-state index contributed by atoms with van der Waals surface area (Å²) in [6, 6.07) is 18.8. The van der Waals surface area contributed by atoms with Crippen LogP contribution in [0.2, 0.25) is 0 Å². The number of rotatable bonds is 11. The van der Waals surface area contributed by atoms with E-state index in [9.17, 15) is 4.79 Å². The fourth-order valence-electron chi connectivity index (χ4n) is 4.11. The molecule has 4 rings (SSSR count). The van der Waals surface area contributed by atoms with E-state index in [-0.39, 0.29) is 5.91 Å². The molecule has 0 N–H and O–H groups in total. The standard InChI is InChI=1S/C28H33N3O5/c1-33-24-9-10-27(34-2)26(19-24)28(32)31(21-23-7-3-4-11-29-23)20-22-6-5-8-25(18-22)36-17-14-30-12-15-35-16-13-30/h3-11,18-19H,12-17,20-21H2,1-2H3. The Kier molecular flexibility index (Phi) is 9.13. The highest BCUT2D eigenvalue weighted by Crippen LogP contribution is 2.27. The Balaban J connectivity index is 1.51. The number of amides is 1. The molecule has 190 valence electrons. The molecule has 8 heteroatoms. The van der Waals surface area contributed by atoms with E-state index >= 15 is 0 Å². The molecule has 0 radical (unpaired) electrons. The number of hydrogen-bond acceptors (Lipinski definition) is 7. The number of ether oxygens (including phenoxy) is 4. The van der Waals surface area contributed by atoms with Crippen LogP contribution >= 0.6 is 0 Å². The van der Waals surface area contributed by atoms with E-state index in [0.717, 1.165) is 49.9 Å². The summed E-state index contributed by atoms with van der Waals surface area (Å²) < 4.78 is 22.3. The molecule has 0 atom stereocenters. The summed E-state index contributed by atoms with van der Waals surface area (Å²) in [5, 5.41) is 0. The predicted octanol–water partition coefficient (Wildman–Crippen LogP) is 3.65. The molecular weight excluding hydrogens is 458 g/mol. The van der Waals surface area contributed by atoms with Crippen LogP contribution in [-0.2, 0) is 17.8 Å². The molecule has 0 bridgehead atoms. The zero-order chi connectivity index (χ0) is 25.2. The van der Waals surface area contributed by atoms with Crippen molar-refractivity contribution < 1.29 is 23.7 Å². The third kappa shape index (κ3) is 6.96. The Morgan fingerprint density at radius 1 is 0.972 bits per heavy atom. The molecule has 0 saturated carbocycles. The fraction of sp³-hybridized carbons (Fsp3) is 0.357. The number of nitrogens with zero attached hydrogens (tertiary/aromatic N) is 3. The van der Waals surface area contributed by atoms with Gasteiger partial charge >= 0.3 is 0 Å². The minimum absolute atomic E-state index is 0.171. The molecule has 0 spiro atoms. The molecule has 0 unspecified atom stereocenters. The minimum atomic E-state index is -0.171. The summed E-state index contributed by atoms with van der Waals surface area (Å²) in [5.41, 5.74) is 2.20. The highest BCUT2D eigenvalue weighted by atomic mass is 16.5. The van der Waals surface area contributed by atoms with Crippen molar-refractivity contribution in [3.8, 4) is 17.2 Å². The van der Waals surface area contributed by atoms with Crippen LogP contribution in [0.3, 0.4) is 0 Å². The van der Waals surface area contributed by atoms with Crippen molar-refractivity contribution in [2.75, 3.05) is 53.7 Å². The summed E-state index contributed by atoms with van der Waals surface area (Å²) in [5.74, 6) is 1.69. The van der Waals surface area contributed by atoms with Crippen LogP contribution in [0, 0.1) is 0 Å². The van der Waals surface area contributed by atoms with Gasteiger partial charge in [0, 0.05) is 32.4 Å². The molecule has 1 aliphatic rings. The first-order valence-corrected chi connectivity index (χ1v) is 12.1. The maximum atomic E-state index is 13.7. The summed E-state index contributed by atoms with van der Waals surface area (Å²) in [4.78, 5) is 22.3. The number of carbonyl (C=O) groups excluding carboxylic acids is 1. The van der Waals surface area contributed by atoms with E-state index < -0.39 is 0 Å².